The largest absolute Gasteiger partial charge is 0.493 e. The molecule has 3 heterocycles. The van der Waals surface area contributed by atoms with Crippen LogP contribution in [0.25, 0.3) is 10.9 Å². The first-order valence-electron chi connectivity index (χ1n) is 11.2. The van der Waals surface area contributed by atoms with Crippen molar-refractivity contribution in [1.29, 1.82) is 0 Å². The molecule has 1 fully saturated rings. The van der Waals surface area contributed by atoms with E-state index >= 15 is 0 Å². The van der Waals surface area contributed by atoms with E-state index in [1.807, 2.05) is 42.6 Å². The summed E-state index contributed by atoms with van der Waals surface area (Å²) in [5, 5.41) is 3.74. The smallest absolute Gasteiger partial charge is 0.325 e. The Morgan fingerprint density at radius 1 is 1.09 bits per heavy atom. The summed E-state index contributed by atoms with van der Waals surface area (Å²) in [5.74, 6) is 0.607. The number of hydrogen-bond donors (Lipinski definition) is 2. The lowest BCUT2D eigenvalue weighted by Crippen LogP contribution is -2.45. The number of carbonyl (C=O) groups is 3. The normalized spacial score (nSPS) is 17.6. The minimum Gasteiger partial charge on any atom is -0.493 e. The molecule has 4 amide bonds. The number of rotatable bonds is 6. The van der Waals surface area contributed by atoms with Crippen molar-refractivity contribution in [3.8, 4) is 11.5 Å². The molecule has 5 rings (SSSR count). The molecule has 9 nitrogen and oxygen atoms in total. The van der Waals surface area contributed by atoms with Crippen LogP contribution in [0, 0.1) is 0 Å². The van der Waals surface area contributed by atoms with Gasteiger partial charge < -0.3 is 24.7 Å². The topological polar surface area (TPSA) is 104 Å². The van der Waals surface area contributed by atoms with Crippen molar-refractivity contribution in [2.75, 3.05) is 27.3 Å². The van der Waals surface area contributed by atoms with Crippen LogP contribution in [0.1, 0.15) is 16.7 Å². The number of amides is 4. The molecule has 2 N–H and O–H groups in total. The van der Waals surface area contributed by atoms with E-state index in [-0.39, 0.29) is 18.4 Å². The van der Waals surface area contributed by atoms with Crippen LogP contribution < -0.4 is 14.8 Å². The van der Waals surface area contributed by atoms with Crippen LogP contribution in [-0.4, -0.2) is 66.0 Å². The Labute approximate surface area is 196 Å². The second-order valence-electron chi connectivity index (χ2n) is 8.53. The standard InChI is InChI=1S/C25H26N4O5/c1-33-21-10-15-7-8-28(13-17(15)11-22(21)34-2)23(30)14-29-24(31)20(27-25(29)32)9-16-12-26-19-6-4-3-5-18(16)19/h3-6,10-12,20,26H,7-9,13-14H2,1-2H3,(H,27,32)/t20-/m0/s1. The van der Waals surface area contributed by atoms with Crippen molar-refractivity contribution in [3.05, 3.63) is 59.3 Å². The molecule has 0 saturated carbocycles. The number of ether oxygens (including phenoxy) is 2. The lowest BCUT2D eigenvalue weighted by molar-refractivity contribution is -0.138. The van der Waals surface area contributed by atoms with Crippen molar-refractivity contribution in [3.63, 3.8) is 0 Å². The number of aromatic amines is 1. The number of nitrogens with zero attached hydrogens (tertiary/aromatic N) is 2. The third-order valence-corrected chi connectivity index (χ3v) is 6.57. The highest BCUT2D eigenvalue weighted by Gasteiger charge is 2.40. The third kappa shape index (κ3) is 3.83. The summed E-state index contributed by atoms with van der Waals surface area (Å²) in [7, 11) is 3.16. The first-order chi connectivity index (χ1) is 16.5. The van der Waals surface area contributed by atoms with E-state index in [1.54, 1.807) is 19.1 Å². The van der Waals surface area contributed by atoms with Gasteiger partial charge in [0.15, 0.2) is 11.5 Å². The average molecular weight is 463 g/mol. The Morgan fingerprint density at radius 3 is 2.59 bits per heavy atom. The van der Waals surface area contributed by atoms with Crippen molar-refractivity contribution in [2.24, 2.45) is 0 Å². The van der Waals surface area contributed by atoms with Crippen molar-refractivity contribution in [1.82, 2.24) is 20.1 Å². The van der Waals surface area contributed by atoms with Gasteiger partial charge in [0.1, 0.15) is 12.6 Å². The van der Waals surface area contributed by atoms with Crippen LogP contribution in [0.15, 0.2) is 42.6 Å². The van der Waals surface area contributed by atoms with E-state index in [2.05, 4.69) is 10.3 Å². The van der Waals surface area contributed by atoms with Crippen LogP contribution in [0.3, 0.4) is 0 Å². The van der Waals surface area contributed by atoms with Gasteiger partial charge in [-0.1, -0.05) is 18.2 Å². The van der Waals surface area contributed by atoms with E-state index < -0.39 is 12.1 Å². The van der Waals surface area contributed by atoms with Gasteiger partial charge in [-0.15, -0.1) is 0 Å². The lowest BCUT2D eigenvalue weighted by atomic mass is 9.98. The Bertz CT molecular complexity index is 1280. The maximum atomic E-state index is 13.0. The predicted molar refractivity (Wildman–Crippen MR) is 125 cm³/mol. The molecule has 2 aromatic carbocycles. The van der Waals surface area contributed by atoms with Crippen molar-refractivity contribution >= 4 is 28.7 Å². The fraction of sp³-hybridized carbons (Fsp3) is 0.320. The molecule has 2 aliphatic heterocycles. The Hall–Kier alpha value is -4.01. The van der Waals surface area contributed by atoms with Gasteiger partial charge in [-0.2, -0.15) is 0 Å². The Kier molecular flexibility index (Phi) is 5.61. The number of aromatic nitrogens is 1. The zero-order valence-corrected chi connectivity index (χ0v) is 19.1. The number of imide groups is 1. The summed E-state index contributed by atoms with van der Waals surface area (Å²) in [6.45, 7) is 0.609. The summed E-state index contributed by atoms with van der Waals surface area (Å²) >= 11 is 0. The molecule has 1 saturated heterocycles. The first-order valence-corrected chi connectivity index (χ1v) is 11.2. The molecule has 176 valence electrons. The average Bonchev–Trinajstić information content (AvgIpc) is 3.38. The lowest BCUT2D eigenvalue weighted by Gasteiger charge is -2.30. The quantitative estimate of drug-likeness (QED) is 0.547. The minimum absolute atomic E-state index is 0.267. The van der Waals surface area contributed by atoms with E-state index in [1.165, 1.54) is 0 Å². The maximum Gasteiger partial charge on any atom is 0.325 e. The SMILES string of the molecule is COc1cc2c(cc1OC)CN(C(=O)CN1C(=O)N[C@@H](Cc3c[nH]c4ccccc34)C1=O)CC2. The molecule has 1 aromatic heterocycles. The van der Waals surface area contributed by atoms with Crippen molar-refractivity contribution in [2.45, 2.75) is 25.4 Å². The second kappa shape index (κ2) is 8.74. The van der Waals surface area contributed by atoms with Gasteiger partial charge in [0, 0.05) is 36.6 Å². The zero-order chi connectivity index (χ0) is 23.8. The molecule has 2 aliphatic rings. The maximum absolute atomic E-state index is 13.0. The number of H-pyrrole nitrogens is 1. The van der Waals surface area contributed by atoms with Gasteiger partial charge >= 0.3 is 6.03 Å². The molecule has 9 heteroatoms. The second-order valence-corrected chi connectivity index (χ2v) is 8.53. The predicted octanol–water partition coefficient (Wildman–Crippen LogP) is 2.23. The van der Waals surface area contributed by atoms with Gasteiger partial charge in [-0.25, -0.2) is 4.79 Å². The molecular formula is C25H26N4O5. The number of carbonyl (C=O) groups excluding carboxylic acids is 3. The van der Waals surface area contributed by atoms with Crippen LogP contribution in [0.4, 0.5) is 4.79 Å². The third-order valence-electron chi connectivity index (χ3n) is 6.57. The summed E-state index contributed by atoms with van der Waals surface area (Å²) in [6.07, 6.45) is 2.87. The van der Waals surface area contributed by atoms with Gasteiger partial charge in [-0.05, 0) is 41.3 Å². The Morgan fingerprint density at radius 2 is 1.82 bits per heavy atom. The van der Waals surface area contributed by atoms with Gasteiger partial charge in [-0.3, -0.25) is 14.5 Å². The van der Waals surface area contributed by atoms with Crippen LogP contribution in [0.2, 0.25) is 0 Å². The van der Waals surface area contributed by atoms with Crippen LogP contribution >= 0.6 is 0 Å². The molecule has 34 heavy (non-hydrogen) atoms. The van der Waals surface area contributed by atoms with E-state index in [0.717, 1.165) is 32.5 Å². The molecule has 0 bridgehead atoms. The van der Waals surface area contributed by atoms with Crippen molar-refractivity contribution < 1.29 is 23.9 Å². The monoisotopic (exact) mass is 462 g/mol. The Balaban J connectivity index is 1.26. The summed E-state index contributed by atoms with van der Waals surface area (Å²) < 4.78 is 10.7. The zero-order valence-electron chi connectivity index (χ0n) is 19.1. The number of benzene rings is 2. The first kappa shape index (κ1) is 21.8. The molecule has 1 atom stereocenters. The molecule has 0 aliphatic carbocycles. The highest BCUT2D eigenvalue weighted by atomic mass is 16.5. The number of nitrogens with one attached hydrogen (secondary N) is 2. The number of para-hydroxylation sites is 1. The van der Waals surface area contributed by atoms with Gasteiger partial charge in [0.05, 0.1) is 14.2 Å². The fourth-order valence-electron chi connectivity index (χ4n) is 4.72. The highest BCUT2D eigenvalue weighted by Crippen LogP contribution is 2.33. The molecule has 0 radical (unpaired) electrons. The summed E-state index contributed by atoms with van der Waals surface area (Å²) in [6, 6.07) is 10.4. The van der Waals surface area contributed by atoms with E-state index in [4.69, 9.17) is 9.47 Å². The van der Waals surface area contributed by atoms with Gasteiger partial charge in [0.25, 0.3) is 5.91 Å². The molecular weight excluding hydrogens is 436 g/mol. The number of urea groups is 1. The summed E-state index contributed by atoms with van der Waals surface area (Å²) in [5.41, 5.74) is 3.97. The number of hydrogen-bond acceptors (Lipinski definition) is 5. The van der Waals surface area contributed by atoms with Crippen LogP contribution in [0.5, 0.6) is 11.5 Å². The molecule has 3 aromatic rings. The number of methoxy groups -OCH3 is 2. The van der Waals surface area contributed by atoms with Gasteiger partial charge in [0.2, 0.25) is 5.91 Å². The van der Waals surface area contributed by atoms with E-state index in [9.17, 15) is 14.4 Å². The highest BCUT2D eigenvalue weighted by molar-refractivity contribution is 6.06. The molecule has 0 unspecified atom stereocenters. The molecule has 0 spiro atoms. The van der Waals surface area contributed by atoms with Crippen LogP contribution in [-0.2, 0) is 29.0 Å². The number of fused-ring (bicyclic) bond motifs is 2. The van der Waals surface area contributed by atoms with E-state index in [0.29, 0.717) is 37.4 Å². The minimum atomic E-state index is -0.696. The summed E-state index contributed by atoms with van der Waals surface area (Å²) in [4.78, 5) is 44.4. The fourth-order valence-corrected chi connectivity index (χ4v) is 4.72.